The first kappa shape index (κ1) is 12.1. The van der Waals surface area contributed by atoms with Gasteiger partial charge in [0.15, 0.2) is 0 Å². The van der Waals surface area contributed by atoms with Crippen molar-refractivity contribution in [2.24, 2.45) is 5.73 Å². The summed E-state index contributed by atoms with van der Waals surface area (Å²) >= 11 is 6.69. The Kier molecular flexibility index (Phi) is 3.19. The molecule has 2 nitrogen and oxygen atoms in total. The minimum atomic E-state index is 0.422. The minimum absolute atomic E-state index is 0.422. The summed E-state index contributed by atoms with van der Waals surface area (Å²) < 4.78 is 1.30. The molecule has 0 saturated carbocycles. The van der Waals surface area contributed by atoms with Gasteiger partial charge < -0.3 is 11.1 Å². The minimum Gasteiger partial charge on any atom is -0.389 e. The summed E-state index contributed by atoms with van der Waals surface area (Å²) in [5.41, 5.74) is 8.56. The molecule has 3 N–H and O–H groups in total. The van der Waals surface area contributed by atoms with Crippen LogP contribution in [0.25, 0.3) is 10.1 Å². The van der Waals surface area contributed by atoms with Crippen molar-refractivity contribution in [1.29, 1.82) is 0 Å². The van der Waals surface area contributed by atoms with Crippen molar-refractivity contribution >= 4 is 50.0 Å². The standard InChI is InChI=1S/C15H12N2S2/c16-15(18)10-1-3-12(4-2-10)17-13-5-6-14-11(9-13)7-8-19-14/h1-9,17H,(H2,16,18). The van der Waals surface area contributed by atoms with E-state index in [1.165, 1.54) is 10.1 Å². The van der Waals surface area contributed by atoms with Crippen molar-refractivity contribution in [3.63, 3.8) is 0 Å². The number of hydrogen-bond donors (Lipinski definition) is 2. The molecule has 1 aromatic heterocycles. The fourth-order valence-electron chi connectivity index (χ4n) is 1.93. The van der Waals surface area contributed by atoms with E-state index in [9.17, 15) is 0 Å². The molecule has 0 saturated heterocycles. The number of rotatable bonds is 3. The first-order valence-electron chi connectivity index (χ1n) is 5.86. The van der Waals surface area contributed by atoms with Crippen LogP contribution < -0.4 is 11.1 Å². The third-order valence-corrected chi connectivity index (χ3v) is 4.04. The lowest BCUT2D eigenvalue weighted by Gasteiger charge is -2.07. The van der Waals surface area contributed by atoms with Gasteiger partial charge in [-0.2, -0.15) is 0 Å². The highest BCUT2D eigenvalue weighted by Crippen LogP contribution is 2.26. The highest BCUT2D eigenvalue weighted by molar-refractivity contribution is 7.80. The second-order valence-electron chi connectivity index (χ2n) is 4.24. The quantitative estimate of drug-likeness (QED) is 0.705. The summed E-state index contributed by atoms with van der Waals surface area (Å²) in [5.74, 6) is 0. The SMILES string of the molecule is NC(=S)c1ccc(Nc2ccc3sccc3c2)cc1. The molecular weight excluding hydrogens is 272 g/mol. The molecular formula is C15H12N2S2. The van der Waals surface area contributed by atoms with Gasteiger partial charge in [0, 0.05) is 21.6 Å². The van der Waals surface area contributed by atoms with Crippen molar-refractivity contribution in [3.8, 4) is 0 Å². The van der Waals surface area contributed by atoms with Gasteiger partial charge in [0.1, 0.15) is 4.99 Å². The van der Waals surface area contributed by atoms with Crippen molar-refractivity contribution in [2.45, 2.75) is 0 Å². The Labute approximate surface area is 120 Å². The Morgan fingerprint density at radius 2 is 1.74 bits per heavy atom. The van der Waals surface area contributed by atoms with Gasteiger partial charge in [-0.1, -0.05) is 12.2 Å². The van der Waals surface area contributed by atoms with Gasteiger partial charge in [-0.05, 0) is 59.3 Å². The predicted octanol–water partition coefficient (Wildman–Crippen LogP) is 4.28. The number of benzene rings is 2. The molecule has 4 heteroatoms. The largest absolute Gasteiger partial charge is 0.389 e. The Morgan fingerprint density at radius 3 is 2.47 bits per heavy atom. The van der Waals surface area contributed by atoms with E-state index < -0.39 is 0 Å². The molecule has 0 atom stereocenters. The van der Waals surface area contributed by atoms with Gasteiger partial charge in [-0.25, -0.2) is 0 Å². The van der Waals surface area contributed by atoms with Crippen LogP contribution in [0.15, 0.2) is 53.9 Å². The number of nitrogens with two attached hydrogens (primary N) is 1. The lowest BCUT2D eigenvalue weighted by atomic mass is 10.2. The highest BCUT2D eigenvalue weighted by atomic mass is 32.1. The molecule has 3 rings (SSSR count). The van der Waals surface area contributed by atoms with E-state index >= 15 is 0 Å². The van der Waals surface area contributed by atoms with Crippen LogP contribution in [0, 0.1) is 0 Å². The lowest BCUT2D eigenvalue weighted by Crippen LogP contribution is -2.08. The van der Waals surface area contributed by atoms with E-state index in [2.05, 4.69) is 35.0 Å². The molecule has 0 fully saturated rings. The monoisotopic (exact) mass is 284 g/mol. The fourth-order valence-corrected chi connectivity index (χ4v) is 2.84. The zero-order chi connectivity index (χ0) is 13.2. The topological polar surface area (TPSA) is 38.0 Å². The number of fused-ring (bicyclic) bond motifs is 1. The zero-order valence-corrected chi connectivity index (χ0v) is 11.7. The summed E-state index contributed by atoms with van der Waals surface area (Å²) in [7, 11) is 0. The van der Waals surface area contributed by atoms with Gasteiger partial charge in [0.2, 0.25) is 0 Å². The Hall–Kier alpha value is -1.91. The molecule has 2 aromatic carbocycles. The summed E-state index contributed by atoms with van der Waals surface area (Å²) in [6, 6.07) is 16.3. The van der Waals surface area contributed by atoms with Crippen molar-refractivity contribution < 1.29 is 0 Å². The van der Waals surface area contributed by atoms with Crippen LogP contribution in [-0.2, 0) is 0 Å². The second-order valence-corrected chi connectivity index (χ2v) is 5.63. The van der Waals surface area contributed by atoms with Crippen molar-refractivity contribution in [1.82, 2.24) is 0 Å². The van der Waals surface area contributed by atoms with Crippen LogP contribution in [0.2, 0.25) is 0 Å². The summed E-state index contributed by atoms with van der Waals surface area (Å²) in [6.45, 7) is 0. The third-order valence-electron chi connectivity index (χ3n) is 2.91. The fraction of sp³-hybridized carbons (Fsp3) is 0. The average Bonchev–Trinajstić information content (AvgIpc) is 2.87. The highest BCUT2D eigenvalue weighted by Gasteiger charge is 2.00. The molecule has 3 aromatic rings. The average molecular weight is 284 g/mol. The van der Waals surface area contributed by atoms with E-state index in [0.29, 0.717) is 4.99 Å². The van der Waals surface area contributed by atoms with Gasteiger partial charge in [-0.15, -0.1) is 11.3 Å². The van der Waals surface area contributed by atoms with Crippen LogP contribution in [0.5, 0.6) is 0 Å². The first-order chi connectivity index (χ1) is 9.22. The smallest absolute Gasteiger partial charge is 0.103 e. The Bertz CT molecular complexity index is 729. The van der Waals surface area contributed by atoms with Gasteiger partial charge >= 0.3 is 0 Å². The van der Waals surface area contributed by atoms with Crippen LogP contribution in [0.1, 0.15) is 5.56 Å². The number of thiocarbonyl (C=S) groups is 1. The maximum atomic E-state index is 5.58. The molecule has 0 aliphatic carbocycles. The second kappa shape index (κ2) is 4.99. The zero-order valence-electron chi connectivity index (χ0n) is 10.1. The third kappa shape index (κ3) is 2.59. The number of nitrogens with one attached hydrogen (secondary N) is 1. The van der Waals surface area contributed by atoms with E-state index in [0.717, 1.165) is 16.9 Å². The number of hydrogen-bond acceptors (Lipinski definition) is 3. The molecule has 0 amide bonds. The molecule has 0 aliphatic heterocycles. The van der Waals surface area contributed by atoms with Crippen LogP contribution >= 0.6 is 23.6 Å². The molecule has 19 heavy (non-hydrogen) atoms. The van der Waals surface area contributed by atoms with E-state index in [4.69, 9.17) is 18.0 Å². The van der Waals surface area contributed by atoms with Crippen LogP contribution in [0.4, 0.5) is 11.4 Å². The van der Waals surface area contributed by atoms with E-state index in [1.807, 2.05) is 24.3 Å². The number of anilines is 2. The predicted molar refractivity (Wildman–Crippen MR) is 87.4 cm³/mol. The van der Waals surface area contributed by atoms with Crippen molar-refractivity contribution in [3.05, 3.63) is 59.5 Å². The first-order valence-corrected chi connectivity index (χ1v) is 7.15. The Balaban J connectivity index is 1.85. The maximum absolute atomic E-state index is 5.58. The normalized spacial score (nSPS) is 10.5. The molecule has 0 bridgehead atoms. The van der Waals surface area contributed by atoms with Gasteiger partial charge in [-0.3, -0.25) is 0 Å². The van der Waals surface area contributed by atoms with Gasteiger partial charge in [0.05, 0.1) is 0 Å². The molecule has 0 spiro atoms. The molecule has 0 radical (unpaired) electrons. The van der Waals surface area contributed by atoms with Crippen molar-refractivity contribution in [2.75, 3.05) is 5.32 Å². The van der Waals surface area contributed by atoms with E-state index in [1.54, 1.807) is 11.3 Å². The van der Waals surface area contributed by atoms with E-state index in [-0.39, 0.29) is 0 Å². The lowest BCUT2D eigenvalue weighted by molar-refractivity contribution is 1.55. The number of thiophene rings is 1. The molecule has 1 heterocycles. The summed E-state index contributed by atoms with van der Waals surface area (Å²) in [6.07, 6.45) is 0. The van der Waals surface area contributed by atoms with Crippen LogP contribution in [0.3, 0.4) is 0 Å². The van der Waals surface area contributed by atoms with Crippen LogP contribution in [-0.4, -0.2) is 4.99 Å². The summed E-state index contributed by atoms with van der Waals surface area (Å²) in [4.78, 5) is 0.422. The Morgan fingerprint density at radius 1 is 1.00 bits per heavy atom. The maximum Gasteiger partial charge on any atom is 0.103 e. The van der Waals surface area contributed by atoms with Gasteiger partial charge in [0.25, 0.3) is 0 Å². The molecule has 0 unspecified atom stereocenters. The summed E-state index contributed by atoms with van der Waals surface area (Å²) in [5, 5.41) is 6.73. The molecule has 0 aliphatic rings. The molecule has 94 valence electrons.